The van der Waals surface area contributed by atoms with E-state index in [4.69, 9.17) is 15.3 Å². The zero-order chi connectivity index (χ0) is 38.7. The summed E-state index contributed by atoms with van der Waals surface area (Å²) in [6.45, 7) is 8.16. The first-order chi connectivity index (χ1) is 26.5. The molecule has 1 unspecified atom stereocenters. The van der Waals surface area contributed by atoms with Crippen LogP contribution in [0.15, 0.2) is 60.2 Å². The number of esters is 1. The average molecular weight is 751 g/mol. The highest BCUT2D eigenvalue weighted by molar-refractivity contribution is 5.95. The van der Waals surface area contributed by atoms with Crippen LogP contribution < -0.4 is 20.9 Å². The molecule has 6 aliphatic rings. The molecule has 1 aliphatic carbocycles. The van der Waals surface area contributed by atoms with Crippen molar-refractivity contribution in [3.63, 3.8) is 0 Å². The molecular formula is C43H54N6O6. The second-order valence-corrected chi connectivity index (χ2v) is 16.9. The van der Waals surface area contributed by atoms with Gasteiger partial charge < -0.3 is 29.6 Å². The summed E-state index contributed by atoms with van der Waals surface area (Å²) < 4.78 is 12.3. The summed E-state index contributed by atoms with van der Waals surface area (Å²) in [6.07, 6.45) is 8.21. The molecule has 1 spiro atoms. The molecule has 6 N–H and O–H groups in total. The van der Waals surface area contributed by atoms with Gasteiger partial charge in [0, 0.05) is 84.0 Å². The number of nitrogens with zero attached hydrogens (tertiary/aromatic N) is 3. The second kappa shape index (κ2) is 12.7. The number of aliphatic hydroxyl groups is 2. The van der Waals surface area contributed by atoms with E-state index in [2.05, 4.69) is 57.5 Å². The first-order valence-corrected chi connectivity index (χ1v) is 19.9. The van der Waals surface area contributed by atoms with Crippen LogP contribution in [0, 0.1) is 11.3 Å². The number of H-pyrrole nitrogens is 1. The molecule has 12 nitrogen and oxygen atoms in total. The largest absolute Gasteiger partial charge is 0.496 e. The van der Waals surface area contributed by atoms with E-state index < -0.39 is 39.9 Å². The van der Waals surface area contributed by atoms with Crippen LogP contribution in [0.2, 0.25) is 0 Å². The lowest BCUT2D eigenvalue weighted by molar-refractivity contribution is -0.203. The van der Waals surface area contributed by atoms with Gasteiger partial charge in [-0.2, -0.15) is 0 Å². The number of amides is 1. The quantitative estimate of drug-likeness (QED) is 0.0835. The highest BCUT2D eigenvalue weighted by Crippen LogP contribution is 2.67. The van der Waals surface area contributed by atoms with Gasteiger partial charge in [0.2, 0.25) is 0 Å². The molecule has 3 aromatic rings. The van der Waals surface area contributed by atoms with Gasteiger partial charge in [-0.3, -0.25) is 24.8 Å². The Morgan fingerprint density at radius 3 is 2.64 bits per heavy atom. The number of carbonyl (C=O) groups is 2. The minimum Gasteiger partial charge on any atom is -0.496 e. The first-order valence-electron chi connectivity index (χ1n) is 19.9. The maximum atomic E-state index is 15.2. The maximum absolute atomic E-state index is 15.2. The zero-order valence-electron chi connectivity index (χ0n) is 32.5. The number of hydrazine groups is 1. The molecule has 0 radical (unpaired) electrons. The monoisotopic (exact) mass is 750 g/mol. The van der Waals surface area contributed by atoms with Crippen molar-refractivity contribution in [1.82, 2.24) is 20.2 Å². The molecule has 1 amide bonds. The summed E-state index contributed by atoms with van der Waals surface area (Å²) in [5.41, 5.74) is 3.42. The smallest absolute Gasteiger partial charge is 0.322 e. The molecule has 2 aromatic carbocycles. The van der Waals surface area contributed by atoms with E-state index in [-0.39, 0.29) is 17.9 Å². The van der Waals surface area contributed by atoms with E-state index in [0.717, 1.165) is 65.9 Å². The summed E-state index contributed by atoms with van der Waals surface area (Å²) >= 11 is 0. The van der Waals surface area contributed by atoms with Gasteiger partial charge in [0.15, 0.2) is 5.60 Å². The normalized spacial score (nSPS) is 36.1. The van der Waals surface area contributed by atoms with Crippen molar-refractivity contribution in [1.29, 1.82) is 0 Å². The molecule has 12 heteroatoms. The number of aromatic nitrogens is 1. The highest BCUT2D eigenvalue weighted by Gasteiger charge is 2.78. The van der Waals surface area contributed by atoms with Crippen molar-refractivity contribution in [2.45, 2.75) is 80.6 Å². The van der Waals surface area contributed by atoms with Gasteiger partial charge in [-0.15, -0.1) is 0 Å². The van der Waals surface area contributed by atoms with Crippen LogP contribution in [0.25, 0.3) is 10.9 Å². The predicted molar refractivity (Wildman–Crippen MR) is 210 cm³/mol. The Kier molecular flexibility index (Phi) is 8.39. The van der Waals surface area contributed by atoms with E-state index in [1.54, 1.807) is 7.11 Å². The Balaban J connectivity index is 1.37. The first kappa shape index (κ1) is 36.4. The summed E-state index contributed by atoms with van der Waals surface area (Å²) in [6, 6.07) is 11.2. The van der Waals surface area contributed by atoms with E-state index in [1.165, 1.54) is 12.7 Å². The molecule has 5 aliphatic heterocycles. The van der Waals surface area contributed by atoms with E-state index in [9.17, 15) is 15.0 Å². The van der Waals surface area contributed by atoms with Gasteiger partial charge in [0.1, 0.15) is 17.3 Å². The van der Waals surface area contributed by atoms with Gasteiger partial charge in [-0.05, 0) is 67.8 Å². The fourth-order valence-electron chi connectivity index (χ4n) is 12.7. The SMILES string of the molecule is CCC1=C[C@H]2CN(CCc3c([nH]c4ccccc34)[C@@](C(=O)OC)(c3cc4c(cc3OC)N(C)[C@H]3[C@@](O)(C(=O)NN)[C@H](O)[C@]5(CC)C=CCN6CC[C@]43[C@@H]65)C2)C1. The molecule has 9 rings (SSSR count). The third-order valence-electron chi connectivity index (χ3n) is 14.8. The Labute approximate surface area is 322 Å². The topological polar surface area (TPSA) is 157 Å². The van der Waals surface area contributed by atoms with Gasteiger partial charge in [-0.1, -0.05) is 55.8 Å². The number of rotatable bonds is 6. The second-order valence-electron chi connectivity index (χ2n) is 16.9. The number of aromatic amines is 1. The van der Waals surface area contributed by atoms with Crippen LogP contribution >= 0.6 is 0 Å². The lowest BCUT2D eigenvalue weighted by Gasteiger charge is -2.63. The number of hydrogen-bond acceptors (Lipinski definition) is 10. The summed E-state index contributed by atoms with van der Waals surface area (Å²) in [4.78, 5) is 39.9. The van der Waals surface area contributed by atoms with Crippen molar-refractivity contribution in [2.24, 2.45) is 17.2 Å². The van der Waals surface area contributed by atoms with Gasteiger partial charge >= 0.3 is 5.97 Å². The van der Waals surface area contributed by atoms with Gasteiger partial charge in [0.25, 0.3) is 5.91 Å². The number of nitrogens with two attached hydrogens (primary N) is 1. The molecule has 2 bridgehead atoms. The number of para-hydroxylation sites is 1. The number of likely N-dealkylation sites (N-methyl/N-ethyl adjacent to an activating group) is 1. The fraction of sp³-hybridized carbons (Fsp3) is 0.535. The number of nitrogens with one attached hydrogen (secondary N) is 2. The van der Waals surface area contributed by atoms with Crippen molar-refractivity contribution < 1.29 is 29.3 Å². The van der Waals surface area contributed by atoms with Crippen LogP contribution in [-0.4, -0.2) is 115 Å². The van der Waals surface area contributed by atoms with E-state index in [1.807, 2.05) is 43.1 Å². The lowest BCUT2D eigenvalue weighted by Crippen LogP contribution is -2.82. The van der Waals surface area contributed by atoms with Gasteiger partial charge in [-0.25, -0.2) is 5.84 Å². The number of ether oxygens (including phenoxy) is 2. The number of carbonyl (C=O) groups excluding carboxylic acids is 2. The van der Waals surface area contributed by atoms with E-state index >= 15 is 4.79 Å². The predicted octanol–water partition coefficient (Wildman–Crippen LogP) is 3.04. The summed E-state index contributed by atoms with van der Waals surface area (Å²) in [7, 11) is 4.97. The number of hydrogen-bond donors (Lipinski definition) is 5. The molecule has 9 atom stereocenters. The van der Waals surface area contributed by atoms with Crippen molar-refractivity contribution >= 4 is 28.5 Å². The molecule has 6 heterocycles. The third-order valence-corrected chi connectivity index (χ3v) is 14.8. The Morgan fingerprint density at radius 1 is 1.11 bits per heavy atom. The average Bonchev–Trinajstić information content (AvgIpc) is 3.87. The third kappa shape index (κ3) is 4.51. The van der Waals surface area contributed by atoms with Crippen LogP contribution in [-0.2, 0) is 31.6 Å². The maximum Gasteiger partial charge on any atom is 0.322 e. The standard InChI is InChI=1S/C43H54N6O6/c1-6-25-19-26-22-42(39(52)55-5,34-28(13-17-48(23-25)24-26)27-11-8-9-12-31(27)45-34)30-20-29-32(21-33(30)54-4)47(3)36-41(29)15-18-49-16-10-14-40(7-2,35(41)49)37(50)43(36,53)38(51)46-44/h8-12,14,19-21,26,35-37,45,50,53H,6-7,13,15-18,22-24,44H2,1-5H3,(H,46,51)/t26-,35+,36-,37-,40-,41-,42+,43+/m1/s1. The molecule has 1 aromatic heterocycles. The Morgan fingerprint density at radius 2 is 1.91 bits per heavy atom. The zero-order valence-corrected chi connectivity index (χ0v) is 32.5. The Hall–Kier alpha value is -4.20. The summed E-state index contributed by atoms with van der Waals surface area (Å²) in [5, 5.41) is 26.4. The van der Waals surface area contributed by atoms with Gasteiger partial charge in [0.05, 0.1) is 20.3 Å². The van der Waals surface area contributed by atoms with E-state index in [0.29, 0.717) is 43.7 Å². The minimum atomic E-state index is -2.28. The molecule has 2 fully saturated rings. The number of methoxy groups -OCH3 is 2. The molecule has 1 saturated carbocycles. The molecule has 1 saturated heterocycles. The Bertz CT molecular complexity index is 2150. The minimum absolute atomic E-state index is 0.0353. The fourth-order valence-corrected chi connectivity index (χ4v) is 12.7. The number of fused-ring (bicyclic) bond motifs is 6. The van der Waals surface area contributed by atoms with Crippen LogP contribution in [0.4, 0.5) is 5.69 Å². The van der Waals surface area contributed by atoms with Crippen molar-refractivity contribution in [3.8, 4) is 5.75 Å². The number of anilines is 1. The highest BCUT2D eigenvalue weighted by atomic mass is 16.5. The van der Waals surface area contributed by atoms with Crippen molar-refractivity contribution in [3.05, 3.63) is 82.6 Å². The lowest BCUT2D eigenvalue weighted by atomic mass is 9.47. The number of aliphatic hydroxyl groups excluding tert-OH is 1. The van der Waals surface area contributed by atoms with Crippen molar-refractivity contribution in [2.75, 3.05) is 58.9 Å². The molecule has 55 heavy (non-hydrogen) atoms. The number of benzene rings is 2. The molecular weight excluding hydrogens is 697 g/mol. The summed E-state index contributed by atoms with van der Waals surface area (Å²) in [5.74, 6) is 5.18. The molecule has 292 valence electrons. The van der Waals surface area contributed by atoms with Crippen LogP contribution in [0.1, 0.15) is 61.9 Å². The van der Waals surface area contributed by atoms with Crippen LogP contribution in [0.5, 0.6) is 5.75 Å². The van der Waals surface area contributed by atoms with Crippen LogP contribution in [0.3, 0.4) is 0 Å².